The zero-order valence-electron chi connectivity index (χ0n) is 14.4. The van der Waals surface area contributed by atoms with E-state index in [1.807, 2.05) is 19.1 Å². The van der Waals surface area contributed by atoms with Gasteiger partial charge in [-0.3, -0.25) is 4.79 Å². The number of fused-ring (bicyclic) bond motifs is 1. The highest BCUT2D eigenvalue weighted by atomic mass is 19.1. The summed E-state index contributed by atoms with van der Waals surface area (Å²) in [6.45, 7) is 3.39. The van der Waals surface area contributed by atoms with Crippen molar-refractivity contribution in [2.45, 2.75) is 25.8 Å². The second kappa shape index (κ2) is 6.70. The average molecular weight is 354 g/mol. The van der Waals surface area contributed by atoms with E-state index in [1.165, 1.54) is 12.1 Å². The van der Waals surface area contributed by atoms with Gasteiger partial charge in [0.25, 0.3) is 5.91 Å². The highest BCUT2D eigenvalue weighted by Crippen LogP contribution is 2.19. The van der Waals surface area contributed by atoms with E-state index in [9.17, 15) is 9.18 Å². The molecular formula is C18H19FN6O. The molecule has 7 nitrogen and oxygen atoms in total. The minimum Gasteiger partial charge on any atom is -0.355 e. The number of anilines is 1. The highest BCUT2D eigenvalue weighted by Gasteiger charge is 2.23. The minimum absolute atomic E-state index is 0.0266. The molecular weight excluding hydrogens is 335 g/mol. The largest absolute Gasteiger partial charge is 0.355 e. The van der Waals surface area contributed by atoms with Crippen LogP contribution in [0.2, 0.25) is 0 Å². The van der Waals surface area contributed by atoms with Crippen LogP contribution in [0, 0.1) is 12.7 Å². The fourth-order valence-corrected chi connectivity index (χ4v) is 3.22. The molecule has 0 radical (unpaired) electrons. The molecule has 1 aromatic carbocycles. The quantitative estimate of drug-likeness (QED) is 0.778. The Hall–Kier alpha value is -3.03. The highest BCUT2D eigenvalue weighted by molar-refractivity contribution is 5.94. The summed E-state index contributed by atoms with van der Waals surface area (Å²) in [5.41, 5.74) is 0.809. The molecule has 1 N–H and O–H groups in total. The van der Waals surface area contributed by atoms with Gasteiger partial charge in [0.15, 0.2) is 11.5 Å². The molecule has 1 fully saturated rings. The van der Waals surface area contributed by atoms with Crippen LogP contribution in [-0.4, -0.2) is 44.8 Å². The summed E-state index contributed by atoms with van der Waals surface area (Å²) >= 11 is 0. The maximum atomic E-state index is 13.7. The Morgan fingerprint density at radius 3 is 2.69 bits per heavy atom. The van der Waals surface area contributed by atoms with Crippen molar-refractivity contribution in [3.8, 4) is 0 Å². The lowest BCUT2D eigenvalue weighted by atomic mass is 10.0. The third-order valence-corrected chi connectivity index (χ3v) is 4.68. The third-order valence-electron chi connectivity index (χ3n) is 4.68. The van der Waals surface area contributed by atoms with Crippen LogP contribution in [0.4, 0.5) is 10.2 Å². The summed E-state index contributed by atoms with van der Waals surface area (Å²) < 4.78 is 15.4. The van der Waals surface area contributed by atoms with E-state index >= 15 is 0 Å². The molecule has 1 aliphatic heterocycles. The topological polar surface area (TPSA) is 75.4 Å². The SMILES string of the molecule is Cc1nnc2ccc(N3CCC(NC(=O)c4ccccc4F)CC3)nn12. The molecule has 0 aliphatic carbocycles. The molecule has 1 aliphatic rings. The first-order valence-corrected chi connectivity index (χ1v) is 8.61. The summed E-state index contributed by atoms with van der Waals surface area (Å²) in [5.74, 6) is 0.749. The van der Waals surface area contributed by atoms with Crippen LogP contribution in [0.3, 0.4) is 0 Å². The van der Waals surface area contributed by atoms with E-state index in [4.69, 9.17) is 0 Å². The van der Waals surface area contributed by atoms with Gasteiger partial charge in [0, 0.05) is 19.1 Å². The molecule has 1 amide bonds. The van der Waals surface area contributed by atoms with Crippen LogP contribution in [0.25, 0.3) is 5.65 Å². The van der Waals surface area contributed by atoms with E-state index in [0.717, 1.165) is 43.2 Å². The van der Waals surface area contributed by atoms with E-state index in [1.54, 1.807) is 16.6 Å². The van der Waals surface area contributed by atoms with Crippen LogP contribution in [0.1, 0.15) is 29.0 Å². The van der Waals surface area contributed by atoms with Crippen molar-refractivity contribution >= 4 is 17.4 Å². The van der Waals surface area contributed by atoms with Crippen molar-refractivity contribution in [1.29, 1.82) is 0 Å². The molecule has 0 atom stereocenters. The summed E-state index contributed by atoms with van der Waals surface area (Å²) in [4.78, 5) is 14.4. The van der Waals surface area contributed by atoms with Crippen molar-refractivity contribution in [2.24, 2.45) is 0 Å². The molecule has 3 heterocycles. The first-order chi connectivity index (χ1) is 12.6. The van der Waals surface area contributed by atoms with E-state index in [2.05, 4.69) is 25.5 Å². The van der Waals surface area contributed by atoms with Gasteiger partial charge in [-0.25, -0.2) is 4.39 Å². The number of carbonyl (C=O) groups is 1. The van der Waals surface area contributed by atoms with Crippen molar-refractivity contribution in [2.75, 3.05) is 18.0 Å². The summed E-state index contributed by atoms with van der Waals surface area (Å²) in [6.07, 6.45) is 1.56. The van der Waals surface area contributed by atoms with E-state index < -0.39 is 5.82 Å². The lowest BCUT2D eigenvalue weighted by Crippen LogP contribution is -2.45. The standard InChI is InChI=1S/C18H19FN6O/c1-12-21-22-16-6-7-17(23-25(12)16)24-10-8-13(9-11-24)20-18(26)14-4-2-3-5-15(14)19/h2-7,13H,8-11H2,1H3,(H,20,26). The number of nitrogens with one attached hydrogen (secondary N) is 1. The van der Waals surface area contributed by atoms with Crippen LogP contribution in [0.5, 0.6) is 0 Å². The van der Waals surface area contributed by atoms with Gasteiger partial charge in [-0.1, -0.05) is 12.1 Å². The Bertz CT molecular complexity index is 948. The predicted molar refractivity (Wildman–Crippen MR) is 94.6 cm³/mol. The Morgan fingerprint density at radius 1 is 1.15 bits per heavy atom. The number of hydrogen-bond donors (Lipinski definition) is 1. The van der Waals surface area contributed by atoms with Gasteiger partial charge in [0.05, 0.1) is 5.56 Å². The first kappa shape index (κ1) is 16.4. The molecule has 0 saturated carbocycles. The van der Waals surface area contributed by atoms with Gasteiger partial charge in [-0.2, -0.15) is 4.52 Å². The zero-order chi connectivity index (χ0) is 18.1. The fraction of sp³-hybridized carbons (Fsp3) is 0.333. The second-order valence-corrected chi connectivity index (χ2v) is 6.42. The zero-order valence-corrected chi connectivity index (χ0v) is 14.4. The van der Waals surface area contributed by atoms with Crippen LogP contribution in [-0.2, 0) is 0 Å². The minimum atomic E-state index is -0.496. The number of nitrogens with zero attached hydrogens (tertiary/aromatic N) is 5. The van der Waals surface area contributed by atoms with E-state index in [-0.39, 0.29) is 17.5 Å². The van der Waals surface area contributed by atoms with Crippen molar-refractivity contribution in [3.05, 3.63) is 53.6 Å². The van der Waals surface area contributed by atoms with Gasteiger partial charge in [0.1, 0.15) is 11.6 Å². The Morgan fingerprint density at radius 2 is 1.92 bits per heavy atom. The van der Waals surface area contributed by atoms with Gasteiger partial charge >= 0.3 is 0 Å². The third kappa shape index (κ3) is 3.10. The van der Waals surface area contributed by atoms with Crippen LogP contribution < -0.4 is 10.2 Å². The molecule has 0 unspecified atom stereocenters. The molecule has 2 aromatic heterocycles. The molecule has 0 bridgehead atoms. The smallest absolute Gasteiger partial charge is 0.254 e. The molecule has 134 valence electrons. The number of piperidine rings is 1. The summed E-state index contributed by atoms with van der Waals surface area (Å²) in [6, 6.07) is 9.89. The number of amides is 1. The van der Waals surface area contributed by atoms with Crippen molar-refractivity contribution in [3.63, 3.8) is 0 Å². The molecule has 8 heteroatoms. The van der Waals surface area contributed by atoms with Crippen LogP contribution in [0.15, 0.2) is 36.4 Å². The molecule has 3 aromatic rings. The predicted octanol–water partition coefficient (Wildman–Crippen LogP) is 1.97. The second-order valence-electron chi connectivity index (χ2n) is 6.42. The Kier molecular flexibility index (Phi) is 4.24. The molecule has 26 heavy (non-hydrogen) atoms. The molecule has 4 rings (SSSR count). The van der Waals surface area contributed by atoms with Crippen LogP contribution >= 0.6 is 0 Å². The van der Waals surface area contributed by atoms with Gasteiger partial charge < -0.3 is 10.2 Å². The monoisotopic (exact) mass is 354 g/mol. The maximum absolute atomic E-state index is 13.7. The number of hydrogen-bond acceptors (Lipinski definition) is 5. The number of carbonyl (C=O) groups excluding carboxylic acids is 1. The van der Waals surface area contributed by atoms with Crippen molar-refractivity contribution < 1.29 is 9.18 Å². The normalized spacial score (nSPS) is 15.4. The number of aryl methyl sites for hydroxylation is 1. The van der Waals surface area contributed by atoms with Crippen molar-refractivity contribution in [1.82, 2.24) is 25.1 Å². The van der Waals surface area contributed by atoms with Gasteiger partial charge in [0.2, 0.25) is 0 Å². The van der Waals surface area contributed by atoms with Gasteiger partial charge in [-0.05, 0) is 44.0 Å². The lowest BCUT2D eigenvalue weighted by molar-refractivity contribution is 0.0927. The van der Waals surface area contributed by atoms with Gasteiger partial charge in [-0.15, -0.1) is 15.3 Å². The fourth-order valence-electron chi connectivity index (χ4n) is 3.22. The maximum Gasteiger partial charge on any atom is 0.254 e. The number of aromatic nitrogens is 4. The number of benzene rings is 1. The summed E-state index contributed by atoms with van der Waals surface area (Å²) in [5, 5.41) is 15.6. The van der Waals surface area contributed by atoms with E-state index in [0.29, 0.717) is 0 Å². The first-order valence-electron chi connectivity index (χ1n) is 8.61. The molecule has 1 saturated heterocycles. The average Bonchev–Trinajstić information content (AvgIpc) is 3.03. The lowest BCUT2D eigenvalue weighted by Gasteiger charge is -2.33. The number of rotatable bonds is 3. The Balaban J connectivity index is 1.40. The number of halogens is 1. The summed E-state index contributed by atoms with van der Waals surface area (Å²) in [7, 11) is 0. The molecule has 0 spiro atoms. The Labute approximate surface area is 149 Å².